The maximum atomic E-state index is 12.0. The summed E-state index contributed by atoms with van der Waals surface area (Å²) >= 11 is 0. The Morgan fingerprint density at radius 1 is 1.44 bits per heavy atom. The van der Waals surface area contributed by atoms with Gasteiger partial charge in [-0.2, -0.15) is 0 Å². The van der Waals surface area contributed by atoms with Crippen molar-refractivity contribution in [1.82, 2.24) is 10.2 Å². The van der Waals surface area contributed by atoms with Crippen molar-refractivity contribution in [2.45, 2.75) is 39.3 Å². The minimum absolute atomic E-state index is 0.0288. The van der Waals surface area contributed by atoms with E-state index in [1.807, 2.05) is 13.8 Å². The summed E-state index contributed by atoms with van der Waals surface area (Å²) in [4.78, 5) is 24.9. The molecule has 1 N–H and O–H groups in total. The maximum absolute atomic E-state index is 12.0. The molecule has 1 aliphatic rings. The van der Waals surface area contributed by atoms with Gasteiger partial charge in [-0.05, 0) is 20.3 Å². The first-order chi connectivity index (χ1) is 8.58. The molecule has 6 nitrogen and oxygen atoms in total. The molecule has 1 fully saturated rings. The molecule has 2 amide bonds. The van der Waals surface area contributed by atoms with Gasteiger partial charge in [-0.3, -0.25) is 4.79 Å². The van der Waals surface area contributed by atoms with Crippen molar-refractivity contribution in [1.29, 1.82) is 0 Å². The van der Waals surface area contributed by atoms with Gasteiger partial charge in [-0.25, -0.2) is 4.79 Å². The number of hydrogen-bond donors (Lipinski definition) is 1. The van der Waals surface area contributed by atoms with Crippen LogP contribution in [0.4, 0.5) is 4.79 Å². The van der Waals surface area contributed by atoms with Gasteiger partial charge in [0.25, 0.3) is 0 Å². The van der Waals surface area contributed by atoms with Gasteiger partial charge in [0.2, 0.25) is 0 Å². The van der Waals surface area contributed by atoms with Crippen LogP contribution in [0.25, 0.3) is 0 Å². The van der Waals surface area contributed by atoms with Crippen LogP contribution in [0.1, 0.15) is 27.2 Å². The zero-order valence-electron chi connectivity index (χ0n) is 11.3. The van der Waals surface area contributed by atoms with E-state index in [2.05, 4.69) is 5.32 Å². The zero-order valence-corrected chi connectivity index (χ0v) is 11.3. The second kappa shape index (κ2) is 7.20. The van der Waals surface area contributed by atoms with Crippen molar-refractivity contribution >= 4 is 12.0 Å². The molecule has 1 aliphatic heterocycles. The molecule has 0 aliphatic carbocycles. The summed E-state index contributed by atoms with van der Waals surface area (Å²) in [7, 11) is 0. The number of carbonyl (C=O) groups is 2. The Bertz CT molecular complexity index is 296. The van der Waals surface area contributed by atoms with E-state index in [1.54, 1.807) is 11.8 Å². The average Bonchev–Trinajstić information content (AvgIpc) is 2.36. The molecule has 104 valence electrons. The second-order valence-electron chi connectivity index (χ2n) is 4.32. The number of ether oxygens (including phenoxy) is 2. The van der Waals surface area contributed by atoms with Gasteiger partial charge < -0.3 is 19.7 Å². The van der Waals surface area contributed by atoms with Crippen molar-refractivity contribution in [2.75, 3.05) is 26.3 Å². The van der Waals surface area contributed by atoms with E-state index >= 15 is 0 Å². The molecule has 1 saturated heterocycles. The third-order valence-electron chi connectivity index (χ3n) is 2.89. The van der Waals surface area contributed by atoms with Gasteiger partial charge in [-0.15, -0.1) is 0 Å². The van der Waals surface area contributed by atoms with Crippen LogP contribution in [0.3, 0.4) is 0 Å². The second-order valence-corrected chi connectivity index (χ2v) is 4.32. The van der Waals surface area contributed by atoms with Crippen molar-refractivity contribution in [3.8, 4) is 0 Å². The number of hydrogen-bond acceptors (Lipinski definition) is 4. The lowest BCUT2D eigenvalue weighted by Crippen LogP contribution is -2.55. The van der Waals surface area contributed by atoms with Crippen LogP contribution in [0, 0.1) is 0 Å². The first-order valence-corrected chi connectivity index (χ1v) is 6.40. The van der Waals surface area contributed by atoms with Crippen LogP contribution in [0.15, 0.2) is 0 Å². The van der Waals surface area contributed by atoms with E-state index < -0.39 is 5.97 Å². The number of carbonyl (C=O) groups excluding carboxylic acids is 2. The summed E-state index contributed by atoms with van der Waals surface area (Å²) < 4.78 is 10.3. The molecule has 0 aromatic carbocycles. The van der Waals surface area contributed by atoms with Gasteiger partial charge in [-0.1, -0.05) is 6.92 Å². The van der Waals surface area contributed by atoms with E-state index in [0.717, 1.165) is 6.42 Å². The topological polar surface area (TPSA) is 67.9 Å². The molecule has 1 rings (SSSR count). The number of esters is 1. The van der Waals surface area contributed by atoms with Crippen LogP contribution < -0.4 is 5.32 Å². The normalized spacial score (nSPS) is 23.6. The predicted molar refractivity (Wildman–Crippen MR) is 66.2 cm³/mol. The van der Waals surface area contributed by atoms with Gasteiger partial charge in [0, 0.05) is 6.54 Å². The number of urea groups is 1. The van der Waals surface area contributed by atoms with Gasteiger partial charge >= 0.3 is 12.0 Å². The summed E-state index contributed by atoms with van der Waals surface area (Å²) in [5.41, 5.74) is 0. The summed E-state index contributed by atoms with van der Waals surface area (Å²) in [6, 6.07) is -0.159. The first kappa shape index (κ1) is 14.8. The van der Waals surface area contributed by atoms with Crippen LogP contribution in [-0.4, -0.2) is 55.3 Å². The highest BCUT2D eigenvalue weighted by molar-refractivity contribution is 5.81. The average molecular weight is 258 g/mol. The first-order valence-electron chi connectivity index (χ1n) is 6.40. The largest absolute Gasteiger partial charge is 0.465 e. The number of rotatable bonds is 4. The number of morpholine rings is 1. The lowest BCUT2D eigenvalue weighted by molar-refractivity contribution is -0.141. The van der Waals surface area contributed by atoms with Crippen LogP contribution in [0.5, 0.6) is 0 Å². The molecule has 0 aromatic rings. The Labute approximate surface area is 108 Å². The monoisotopic (exact) mass is 258 g/mol. The fourth-order valence-electron chi connectivity index (χ4n) is 1.89. The van der Waals surface area contributed by atoms with Gasteiger partial charge in [0.1, 0.15) is 6.54 Å². The van der Waals surface area contributed by atoms with E-state index in [9.17, 15) is 9.59 Å². The van der Waals surface area contributed by atoms with Crippen molar-refractivity contribution in [3.63, 3.8) is 0 Å². The Morgan fingerprint density at radius 3 is 2.78 bits per heavy atom. The van der Waals surface area contributed by atoms with Crippen LogP contribution in [0.2, 0.25) is 0 Å². The maximum Gasteiger partial charge on any atom is 0.325 e. The lowest BCUT2D eigenvalue weighted by Gasteiger charge is -2.38. The molecule has 1 heterocycles. The standard InChI is InChI=1S/C12H22N2O4/c1-4-10-8-18-9(3)7-14(10)12(16)13-6-11(15)17-5-2/h9-10H,4-8H2,1-3H3,(H,13,16). The van der Waals surface area contributed by atoms with Gasteiger partial charge in [0.05, 0.1) is 25.4 Å². The zero-order chi connectivity index (χ0) is 13.5. The highest BCUT2D eigenvalue weighted by Gasteiger charge is 2.29. The van der Waals surface area contributed by atoms with E-state index in [0.29, 0.717) is 19.8 Å². The molecule has 0 aromatic heterocycles. The summed E-state index contributed by atoms with van der Waals surface area (Å²) in [5, 5.41) is 2.58. The Balaban J connectivity index is 2.45. The molecular weight excluding hydrogens is 236 g/mol. The highest BCUT2D eigenvalue weighted by atomic mass is 16.5. The predicted octanol–water partition coefficient (Wildman–Crippen LogP) is 0.758. The fourth-order valence-corrected chi connectivity index (χ4v) is 1.89. The minimum atomic E-state index is -0.416. The van der Waals surface area contributed by atoms with Crippen molar-refractivity contribution in [3.05, 3.63) is 0 Å². The SMILES string of the molecule is CCOC(=O)CNC(=O)N1CC(C)OCC1CC. The lowest BCUT2D eigenvalue weighted by atomic mass is 10.1. The Hall–Kier alpha value is -1.30. The van der Waals surface area contributed by atoms with E-state index in [-0.39, 0.29) is 24.7 Å². The van der Waals surface area contributed by atoms with Crippen LogP contribution >= 0.6 is 0 Å². The van der Waals surface area contributed by atoms with Gasteiger partial charge in [0.15, 0.2) is 0 Å². The van der Waals surface area contributed by atoms with E-state index in [1.165, 1.54) is 0 Å². The Kier molecular flexibility index (Phi) is 5.91. The summed E-state index contributed by atoms with van der Waals surface area (Å²) in [6.45, 7) is 7.00. The molecule has 0 radical (unpaired) electrons. The molecule has 2 unspecified atom stereocenters. The smallest absolute Gasteiger partial charge is 0.325 e. The summed E-state index contributed by atoms with van der Waals surface area (Å²) in [5.74, 6) is -0.416. The molecule has 6 heteroatoms. The molecular formula is C12H22N2O4. The molecule has 0 saturated carbocycles. The third-order valence-corrected chi connectivity index (χ3v) is 2.89. The van der Waals surface area contributed by atoms with Crippen LogP contribution in [-0.2, 0) is 14.3 Å². The van der Waals surface area contributed by atoms with Crippen molar-refractivity contribution < 1.29 is 19.1 Å². The summed E-state index contributed by atoms with van der Waals surface area (Å²) in [6.07, 6.45) is 0.862. The quantitative estimate of drug-likeness (QED) is 0.756. The Morgan fingerprint density at radius 2 is 2.17 bits per heavy atom. The molecule has 2 atom stereocenters. The number of amides is 2. The minimum Gasteiger partial charge on any atom is -0.465 e. The number of nitrogens with one attached hydrogen (secondary N) is 1. The molecule has 18 heavy (non-hydrogen) atoms. The molecule has 0 spiro atoms. The fraction of sp³-hybridized carbons (Fsp3) is 0.833. The number of nitrogens with zero attached hydrogens (tertiary/aromatic N) is 1. The van der Waals surface area contributed by atoms with Crippen molar-refractivity contribution in [2.24, 2.45) is 0 Å². The van der Waals surface area contributed by atoms with E-state index in [4.69, 9.17) is 9.47 Å². The third kappa shape index (κ3) is 4.18. The highest BCUT2D eigenvalue weighted by Crippen LogP contribution is 2.14. The molecule has 0 bridgehead atoms.